The first-order valence-electron chi connectivity index (χ1n) is 5.68. The normalized spacial score (nSPS) is 17.4. The topological polar surface area (TPSA) is 44.9 Å². The highest BCUT2D eigenvalue weighted by atomic mass is 19.1. The maximum atomic E-state index is 12.8. The number of rotatable bonds is 1. The van der Waals surface area contributed by atoms with Crippen LogP contribution in [0.15, 0.2) is 29.3 Å². The van der Waals surface area contributed by atoms with E-state index in [2.05, 4.69) is 14.8 Å². The largest absolute Gasteiger partial charge is 0.370 e. The second-order valence-corrected chi connectivity index (χ2v) is 4.03. The number of benzene rings is 1. The Balaban J connectivity index is 1.97. The van der Waals surface area contributed by atoms with E-state index in [1.54, 1.807) is 7.05 Å². The minimum Gasteiger partial charge on any atom is -0.370 e. The molecule has 2 rings (SSSR count). The average molecular weight is 236 g/mol. The fourth-order valence-electron chi connectivity index (χ4n) is 1.99. The monoisotopic (exact) mass is 236 g/mol. The predicted molar refractivity (Wildman–Crippen MR) is 67.7 cm³/mol. The van der Waals surface area contributed by atoms with Crippen molar-refractivity contribution in [3.63, 3.8) is 0 Å². The smallest absolute Gasteiger partial charge is 0.191 e. The summed E-state index contributed by atoms with van der Waals surface area (Å²) in [5.74, 6) is 0.388. The standard InChI is InChI=1S/C12H17FN4/c1-15-12(14)17-8-6-16(7-9-17)11-4-2-10(13)3-5-11/h2-5H,6-9H2,1H3,(H2,14,15). The lowest BCUT2D eigenvalue weighted by atomic mass is 10.2. The van der Waals surface area contributed by atoms with Crippen LogP contribution in [0, 0.1) is 5.82 Å². The van der Waals surface area contributed by atoms with E-state index in [1.165, 1.54) is 12.1 Å². The molecular weight excluding hydrogens is 219 g/mol. The van der Waals surface area contributed by atoms with Gasteiger partial charge in [-0.05, 0) is 24.3 Å². The van der Waals surface area contributed by atoms with Crippen LogP contribution in [0.1, 0.15) is 0 Å². The van der Waals surface area contributed by atoms with Gasteiger partial charge in [-0.15, -0.1) is 0 Å². The van der Waals surface area contributed by atoms with Gasteiger partial charge < -0.3 is 15.5 Å². The van der Waals surface area contributed by atoms with Crippen LogP contribution in [-0.4, -0.2) is 44.1 Å². The van der Waals surface area contributed by atoms with Gasteiger partial charge in [-0.1, -0.05) is 0 Å². The van der Waals surface area contributed by atoms with Crippen molar-refractivity contribution in [1.82, 2.24) is 4.90 Å². The summed E-state index contributed by atoms with van der Waals surface area (Å²) < 4.78 is 12.8. The number of piperazine rings is 1. The molecule has 4 nitrogen and oxygen atoms in total. The number of anilines is 1. The molecule has 0 amide bonds. The van der Waals surface area contributed by atoms with Crippen LogP contribution in [0.2, 0.25) is 0 Å². The molecule has 0 spiro atoms. The molecule has 1 aliphatic rings. The zero-order valence-electron chi connectivity index (χ0n) is 9.93. The van der Waals surface area contributed by atoms with Gasteiger partial charge >= 0.3 is 0 Å². The average Bonchev–Trinajstić information content (AvgIpc) is 2.39. The van der Waals surface area contributed by atoms with Crippen LogP contribution in [0.3, 0.4) is 0 Å². The van der Waals surface area contributed by atoms with E-state index in [-0.39, 0.29) is 5.82 Å². The molecule has 1 aromatic rings. The Morgan fingerprint density at radius 1 is 1.18 bits per heavy atom. The predicted octanol–water partition coefficient (Wildman–Crippen LogP) is 0.892. The molecule has 1 aromatic carbocycles. The fraction of sp³-hybridized carbons (Fsp3) is 0.417. The van der Waals surface area contributed by atoms with E-state index >= 15 is 0 Å². The quantitative estimate of drug-likeness (QED) is 0.582. The first-order valence-corrected chi connectivity index (χ1v) is 5.68. The summed E-state index contributed by atoms with van der Waals surface area (Å²) in [7, 11) is 1.70. The first-order chi connectivity index (χ1) is 8.20. The van der Waals surface area contributed by atoms with Crippen molar-refractivity contribution in [3.05, 3.63) is 30.1 Å². The molecule has 0 saturated carbocycles. The first kappa shape index (κ1) is 11.7. The number of hydrogen-bond acceptors (Lipinski definition) is 2. The molecule has 0 bridgehead atoms. The summed E-state index contributed by atoms with van der Waals surface area (Å²) >= 11 is 0. The molecule has 0 aliphatic carbocycles. The number of hydrogen-bond donors (Lipinski definition) is 1. The van der Waals surface area contributed by atoms with Gasteiger partial charge in [0, 0.05) is 38.9 Å². The number of nitrogens with zero attached hydrogens (tertiary/aromatic N) is 3. The molecule has 2 N–H and O–H groups in total. The molecule has 17 heavy (non-hydrogen) atoms. The van der Waals surface area contributed by atoms with Gasteiger partial charge in [0.1, 0.15) is 5.82 Å². The van der Waals surface area contributed by atoms with E-state index in [4.69, 9.17) is 5.73 Å². The van der Waals surface area contributed by atoms with Crippen LogP contribution in [0.4, 0.5) is 10.1 Å². The third-order valence-electron chi connectivity index (χ3n) is 3.02. The van der Waals surface area contributed by atoms with Crippen molar-refractivity contribution in [2.45, 2.75) is 0 Å². The van der Waals surface area contributed by atoms with E-state index in [0.717, 1.165) is 31.9 Å². The maximum Gasteiger partial charge on any atom is 0.191 e. The summed E-state index contributed by atoms with van der Waals surface area (Å²) in [6.07, 6.45) is 0. The van der Waals surface area contributed by atoms with Gasteiger partial charge in [0.15, 0.2) is 5.96 Å². The third-order valence-corrected chi connectivity index (χ3v) is 3.02. The number of nitrogens with two attached hydrogens (primary N) is 1. The molecule has 5 heteroatoms. The molecular formula is C12H17FN4. The SMILES string of the molecule is CN=C(N)N1CCN(c2ccc(F)cc2)CC1. The Labute approximate surface area is 101 Å². The lowest BCUT2D eigenvalue weighted by molar-refractivity contribution is 0.381. The summed E-state index contributed by atoms with van der Waals surface area (Å²) in [6, 6.07) is 6.59. The molecule has 0 atom stereocenters. The van der Waals surface area contributed by atoms with Crippen molar-refractivity contribution in [2.75, 3.05) is 38.1 Å². The second-order valence-electron chi connectivity index (χ2n) is 4.03. The van der Waals surface area contributed by atoms with Gasteiger partial charge in [0.2, 0.25) is 0 Å². The zero-order valence-corrected chi connectivity index (χ0v) is 9.93. The Kier molecular flexibility index (Phi) is 3.46. The highest BCUT2D eigenvalue weighted by Gasteiger charge is 2.17. The fourth-order valence-corrected chi connectivity index (χ4v) is 1.99. The Bertz CT molecular complexity index is 393. The zero-order chi connectivity index (χ0) is 12.3. The molecule has 1 aliphatic heterocycles. The van der Waals surface area contributed by atoms with Gasteiger partial charge in [-0.2, -0.15) is 0 Å². The lowest BCUT2D eigenvalue weighted by Crippen LogP contribution is -2.51. The van der Waals surface area contributed by atoms with Crippen LogP contribution in [-0.2, 0) is 0 Å². The van der Waals surface area contributed by atoms with E-state index in [1.807, 2.05) is 12.1 Å². The minimum atomic E-state index is -0.199. The highest BCUT2D eigenvalue weighted by molar-refractivity contribution is 5.78. The van der Waals surface area contributed by atoms with E-state index < -0.39 is 0 Å². The van der Waals surface area contributed by atoms with Crippen LogP contribution in [0.25, 0.3) is 0 Å². The summed E-state index contributed by atoms with van der Waals surface area (Å²) in [5.41, 5.74) is 6.81. The lowest BCUT2D eigenvalue weighted by Gasteiger charge is -2.36. The van der Waals surface area contributed by atoms with Crippen LogP contribution < -0.4 is 10.6 Å². The van der Waals surface area contributed by atoms with Gasteiger partial charge in [-0.3, -0.25) is 4.99 Å². The summed E-state index contributed by atoms with van der Waals surface area (Å²) in [5, 5.41) is 0. The molecule has 0 unspecified atom stereocenters. The minimum absolute atomic E-state index is 0.199. The van der Waals surface area contributed by atoms with Gasteiger partial charge in [0.05, 0.1) is 0 Å². The molecule has 92 valence electrons. The highest BCUT2D eigenvalue weighted by Crippen LogP contribution is 2.16. The Hall–Kier alpha value is -1.78. The molecule has 0 radical (unpaired) electrons. The number of guanidine groups is 1. The third kappa shape index (κ3) is 2.67. The molecule has 0 aromatic heterocycles. The van der Waals surface area contributed by atoms with Crippen molar-refractivity contribution < 1.29 is 4.39 Å². The van der Waals surface area contributed by atoms with Crippen LogP contribution in [0.5, 0.6) is 0 Å². The summed E-state index contributed by atoms with van der Waals surface area (Å²) in [4.78, 5) is 8.25. The summed E-state index contributed by atoms with van der Waals surface area (Å²) in [6.45, 7) is 3.45. The van der Waals surface area contributed by atoms with Crippen molar-refractivity contribution >= 4 is 11.6 Å². The van der Waals surface area contributed by atoms with Crippen molar-refractivity contribution in [1.29, 1.82) is 0 Å². The number of aliphatic imine (C=N–C) groups is 1. The van der Waals surface area contributed by atoms with Crippen LogP contribution >= 0.6 is 0 Å². The molecule has 1 fully saturated rings. The Morgan fingerprint density at radius 2 is 1.76 bits per heavy atom. The number of halogens is 1. The second kappa shape index (κ2) is 5.03. The van der Waals surface area contributed by atoms with Gasteiger partial charge in [0.25, 0.3) is 0 Å². The van der Waals surface area contributed by atoms with E-state index in [9.17, 15) is 4.39 Å². The van der Waals surface area contributed by atoms with Gasteiger partial charge in [-0.25, -0.2) is 4.39 Å². The molecule has 1 heterocycles. The van der Waals surface area contributed by atoms with Crippen molar-refractivity contribution in [3.8, 4) is 0 Å². The Morgan fingerprint density at radius 3 is 2.29 bits per heavy atom. The molecule has 1 saturated heterocycles. The van der Waals surface area contributed by atoms with E-state index in [0.29, 0.717) is 5.96 Å². The van der Waals surface area contributed by atoms with Crippen molar-refractivity contribution in [2.24, 2.45) is 10.7 Å². The maximum absolute atomic E-state index is 12.8.